The number of benzene rings is 2. The first-order valence-corrected chi connectivity index (χ1v) is 9.38. The SMILES string of the molecule is C=CCc1cc(C(=O)Nc2ccc(NC(=O)NC3CC3)cc2)cc(OC)c1OC. The van der Waals surface area contributed by atoms with Gasteiger partial charge in [0.25, 0.3) is 5.91 Å². The standard InChI is InChI=1S/C22H25N3O4/c1-4-5-14-12-15(13-19(28-2)20(14)29-3)21(26)23-16-6-8-17(9-7-16)24-22(27)25-18-10-11-18/h4,6-9,12-13,18H,1,5,10-11H2,2-3H3,(H,23,26)(H2,24,25,27). The Bertz CT molecular complexity index is 905. The van der Waals surface area contributed by atoms with E-state index in [0.717, 1.165) is 18.4 Å². The van der Waals surface area contributed by atoms with E-state index in [1.807, 2.05) is 0 Å². The molecule has 0 saturated heterocycles. The van der Waals surface area contributed by atoms with Crippen molar-refractivity contribution in [3.8, 4) is 11.5 Å². The van der Waals surface area contributed by atoms with Gasteiger partial charge in [-0.25, -0.2) is 4.79 Å². The van der Waals surface area contributed by atoms with E-state index in [9.17, 15) is 9.59 Å². The Labute approximate surface area is 170 Å². The molecule has 0 aliphatic heterocycles. The van der Waals surface area contributed by atoms with Crippen molar-refractivity contribution in [2.75, 3.05) is 24.9 Å². The molecule has 2 aromatic rings. The number of carbonyl (C=O) groups is 2. The van der Waals surface area contributed by atoms with Crippen LogP contribution in [0.15, 0.2) is 49.1 Å². The number of urea groups is 1. The van der Waals surface area contributed by atoms with Crippen LogP contribution in [0, 0.1) is 0 Å². The van der Waals surface area contributed by atoms with Crippen LogP contribution in [0.3, 0.4) is 0 Å². The van der Waals surface area contributed by atoms with E-state index >= 15 is 0 Å². The van der Waals surface area contributed by atoms with Gasteiger partial charge in [-0.1, -0.05) is 6.08 Å². The third kappa shape index (κ3) is 5.28. The van der Waals surface area contributed by atoms with Gasteiger partial charge >= 0.3 is 6.03 Å². The van der Waals surface area contributed by atoms with E-state index in [2.05, 4.69) is 22.5 Å². The van der Waals surface area contributed by atoms with Crippen molar-refractivity contribution in [3.63, 3.8) is 0 Å². The van der Waals surface area contributed by atoms with Crippen LogP contribution < -0.4 is 25.4 Å². The Morgan fingerprint density at radius 1 is 1.07 bits per heavy atom. The molecule has 3 N–H and O–H groups in total. The van der Waals surface area contributed by atoms with Gasteiger partial charge in [0.15, 0.2) is 11.5 Å². The zero-order chi connectivity index (χ0) is 20.8. The lowest BCUT2D eigenvalue weighted by Crippen LogP contribution is -2.30. The van der Waals surface area contributed by atoms with Gasteiger partial charge in [-0.2, -0.15) is 0 Å². The average Bonchev–Trinajstić information content (AvgIpc) is 3.52. The maximum absolute atomic E-state index is 12.7. The van der Waals surface area contributed by atoms with Crippen LogP contribution in [0.25, 0.3) is 0 Å². The largest absolute Gasteiger partial charge is 0.493 e. The third-order valence-electron chi connectivity index (χ3n) is 4.50. The first-order chi connectivity index (χ1) is 14.0. The fourth-order valence-electron chi connectivity index (χ4n) is 2.90. The summed E-state index contributed by atoms with van der Waals surface area (Å²) in [6, 6.07) is 10.4. The summed E-state index contributed by atoms with van der Waals surface area (Å²) in [7, 11) is 3.09. The molecule has 0 radical (unpaired) electrons. The number of nitrogens with one attached hydrogen (secondary N) is 3. The topological polar surface area (TPSA) is 88.7 Å². The summed E-state index contributed by atoms with van der Waals surface area (Å²) < 4.78 is 10.8. The minimum absolute atomic E-state index is 0.218. The maximum Gasteiger partial charge on any atom is 0.319 e. The van der Waals surface area contributed by atoms with Crippen molar-refractivity contribution < 1.29 is 19.1 Å². The first kappa shape index (κ1) is 20.3. The highest BCUT2D eigenvalue weighted by Gasteiger charge is 2.23. The van der Waals surface area contributed by atoms with E-state index in [1.54, 1.807) is 49.6 Å². The van der Waals surface area contributed by atoms with Crippen LogP contribution in [0.2, 0.25) is 0 Å². The highest BCUT2D eigenvalue weighted by atomic mass is 16.5. The Hall–Kier alpha value is -3.48. The molecule has 1 fully saturated rings. The lowest BCUT2D eigenvalue weighted by Gasteiger charge is -2.14. The molecule has 3 rings (SSSR count). The highest BCUT2D eigenvalue weighted by molar-refractivity contribution is 6.05. The number of ether oxygens (including phenoxy) is 2. The normalized spacial score (nSPS) is 12.6. The zero-order valence-electron chi connectivity index (χ0n) is 16.6. The molecule has 0 bridgehead atoms. The number of amides is 3. The molecule has 0 unspecified atom stereocenters. The van der Waals surface area contributed by atoms with Gasteiger partial charge in [0.2, 0.25) is 0 Å². The minimum atomic E-state index is -0.275. The van der Waals surface area contributed by atoms with Crippen LogP contribution in [-0.4, -0.2) is 32.2 Å². The molecule has 2 aromatic carbocycles. The van der Waals surface area contributed by atoms with Gasteiger partial charge in [-0.3, -0.25) is 4.79 Å². The van der Waals surface area contributed by atoms with Gasteiger partial charge in [0.05, 0.1) is 14.2 Å². The van der Waals surface area contributed by atoms with E-state index in [4.69, 9.17) is 9.47 Å². The number of anilines is 2. The Kier molecular flexibility index (Phi) is 6.39. The summed E-state index contributed by atoms with van der Waals surface area (Å²) in [6.45, 7) is 3.75. The first-order valence-electron chi connectivity index (χ1n) is 9.38. The van der Waals surface area contributed by atoms with Gasteiger partial charge in [-0.15, -0.1) is 6.58 Å². The molecular weight excluding hydrogens is 370 g/mol. The predicted octanol–water partition coefficient (Wildman–Crippen LogP) is 3.97. The predicted molar refractivity (Wildman–Crippen MR) is 113 cm³/mol. The van der Waals surface area contributed by atoms with Crippen molar-refractivity contribution in [1.29, 1.82) is 0 Å². The van der Waals surface area contributed by atoms with Crippen LogP contribution in [0.4, 0.5) is 16.2 Å². The van der Waals surface area contributed by atoms with Gasteiger partial charge in [0.1, 0.15) is 0 Å². The minimum Gasteiger partial charge on any atom is -0.493 e. The number of rotatable bonds is 8. The van der Waals surface area contributed by atoms with Crippen LogP contribution in [0.5, 0.6) is 11.5 Å². The zero-order valence-corrected chi connectivity index (χ0v) is 16.6. The maximum atomic E-state index is 12.7. The quantitative estimate of drug-likeness (QED) is 0.590. The van der Waals surface area contributed by atoms with Gasteiger partial charge in [0, 0.05) is 28.5 Å². The smallest absolute Gasteiger partial charge is 0.319 e. The molecule has 1 aliphatic carbocycles. The molecule has 0 aromatic heterocycles. The number of hydrogen-bond donors (Lipinski definition) is 3. The second kappa shape index (κ2) is 9.14. The monoisotopic (exact) mass is 395 g/mol. The molecule has 1 saturated carbocycles. The van der Waals surface area contributed by atoms with E-state index < -0.39 is 0 Å². The van der Waals surface area contributed by atoms with Gasteiger partial charge < -0.3 is 25.4 Å². The number of methoxy groups -OCH3 is 2. The van der Waals surface area contributed by atoms with Gasteiger partial charge in [-0.05, 0) is 55.7 Å². The van der Waals surface area contributed by atoms with E-state index in [0.29, 0.717) is 40.9 Å². The lowest BCUT2D eigenvalue weighted by atomic mass is 10.0. The molecular formula is C22H25N3O4. The lowest BCUT2D eigenvalue weighted by molar-refractivity contribution is 0.102. The van der Waals surface area contributed by atoms with Crippen molar-refractivity contribution in [1.82, 2.24) is 5.32 Å². The molecule has 7 heteroatoms. The van der Waals surface area contributed by atoms with Crippen molar-refractivity contribution in [2.24, 2.45) is 0 Å². The Morgan fingerprint density at radius 3 is 2.28 bits per heavy atom. The fourth-order valence-corrected chi connectivity index (χ4v) is 2.90. The summed E-state index contributed by atoms with van der Waals surface area (Å²) in [6.07, 6.45) is 4.35. The summed E-state index contributed by atoms with van der Waals surface area (Å²) in [5.74, 6) is 0.797. The van der Waals surface area contributed by atoms with Crippen molar-refractivity contribution in [2.45, 2.75) is 25.3 Å². The van der Waals surface area contributed by atoms with Crippen molar-refractivity contribution in [3.05, 3.63) is 60.2 Å². The van der Waals surface area contributed by atoms with Crippen LogP contribution in [-0.2, 0) is 6.42 Å². The molecule has 0 spiro atoms. The highest BCUT2D eigenvalue weighted by Crippen LogP contribution is 2.33. The summed E-state index contributed by atoms with van der Waals surface area (Å²) >= 11 is 0. The number of carbonyl (C=O) groups excluding carboxylic acids is 2. The molecule has 3 amide bonds. The number of allylic oxidation sites excluding steroid dienone is 1. The Balaban J connectivity index is 1.69. The van der Waals surface area contributed by atoms with Crippen LogP contribution in [0.1, 0.15) is 28.8 Å². The van der Waals surface area contributed by atoms with E-state index in [-0.39, 0.29) is 11.9 Å². The number of hydrogen-bond acceptors (Lipinski definition) is 4. The molecule has 7 nitrogen and oxygen atoms in total. The fraction of sp³-hybridized carbons (Fsp3) is 0.273. The second-order valence-electron chi connectivity index (χ2n) is 6.77. The average molecular weight is 395 g/mol. The van der Waals surface area contributed by atoms with Crippen molar-refractivity contribution >= 4 is 23.3 Å². The molecule has 0 atom stereocenters. The summed E-state index contributed by atoms with van der Waals surface area (Å²) in [5.41, 5.74) is 2.53. The molecule has 29 heavy (non-hydrogen) atoms. The van der Waals surface area contributed by atoms with E-state index in [1.165, 1.54) is 7.11 Å². The second-order valence-corrected chi connectivity index (χ2v) is 6.77. The molecule has 0 heterocycles. The Morgan fingerprint density at radius 2 is 1.72 bits per heavy atom. The van der Waals surface area contributed by atoms with Crippen LogP contribution >= 0.6 is 0 Å². The molecule has 152 valence electrons. The summed E-state index contributed by atoms with van der Waals surface area (Å²) in [5, 5.41) is 8.48. The third-order valence-corrected chi connectivity index (χ3v) is 4.50. The molecule has 1 aliphatic rings. The summed E-state index contributed by atoms with van der Waals surface area (Å²) in [4.78, 5) is 24.5.